The van der Waals surface area contributed by atoms with Crippen molar-refractivity contribution in [1.29, 1.82) is 0 Å². The highest BCUT2D eigenvalue weighted by Crippen LogP contribution is 2.31. The van der Waals surface area contributed by atoms with E-state index in [1.807, 2.05) is 13.0 Å². The lowest BCUT2D eigenvalue weighted by Crippen LogP contribution is -2.28. The Morgan fingerprint density at radius 1 is 1.09 bits per heavy atom. The number of nitrogens with two attached hydrogens (primary N) is 1. The molecule has 4 N–H and O–H groups in total. The Bertz CT molecular complexity index is 1180. The molecule has 0 aliphatic heterocycles. The Morgan fingerprint density at radius 3 is 2.41 bits per heavy atom. The maximum Gasteiger partial charge on any atom is 0.433 e. The number of pyridine rings is 1. The van der Waals surface area contributed by atoms with Crippen molar-refractivity contribution in [2.24, 2.45) is 5.14 Å². The van der Waals surface area contributed by atoms with Gasteiger partial charge in [-0.3, -0.25) is 4.79 Å². The molecule has 3 rings (SSSR count). The number of halogens is 3. The third kappa shape index (κ3) is 6.72. The molecule has 0 saturated carbocycles. The van der Waals surface area contributed by atoms with E-state index in [1.54, 1.807) is 49.4 Å². The average Bonchev–Trinajstić information content (AvgIpc) is 2.80. The van der Waals surface area contributed by atoms with Gasteiger partial charge in [0.1, 0.15) is 5.69 Å². The molecule has 0 aliphatic rings. The second-order valence-corrected chi connectivity index (χ2v) is 8.75. The molecule has 1 aromatic heterocycles. The Labute approximate surface area is 198 Å². The van der Waals surface area contributed by atoms with E-state index in [-0.39, 0.29) is 18.1 Å². The Kier molecular flexibility index (Phi) is 8.19. The molecule has 0 bridgehead atoms. The zero-order chi connectivity index (χ0) is 24.9. The van der Waals surface area contributed by atoms with Crippen LogP contribution in [0.1, 0.15) is 40.8 Å². The molecular formula is C24H25F3N4O2S. The number of aryl methyl sites for hydroxylation is 1. The van der Waals surface area contributed by atoms with Gasteiger partial charge in [-0.1, -0.05) is 54.1 Å². The molecule has 0 fully saturated rings. The number of alkyl halides is 3. The van der Waals surface area contributed by atoms with E-state index in [2.05, 4.69) is 15.0 Å². The van der Waals surface area contributed by atoms with Gasteiger partial charge in [0.15, 0.2) is 11.2 Å². The van der Waals surface area contributed by atoms with Crippen LogP contribution in [-0.2, 0) is 35.2 Å². The fourth-order valence-electron chi connectivity index (χ4n) is 3.40. The average molecular weight is 491 g/mol. The van der Waals surface area contributed by atoms with Crippen LogP contribution in [0.25, 0.3) is 11.3 Å². The SMILES string of the molecule is Cc1cccc(-c2nc(C(F)(F)F)ccc2CNC(=O)C(C)c2ccc(CNS(N)=O)cc2)c1. The van der Waals surface area contributed by atoms with Gasteiger partial charge in [-0.2, -0.15) is 13.2 Å². The highest BCUT2D eigenvalue weighted by atomic mass is 32.2. The largest absolute Gasteiger partial charge is 0.433 e. The number of hydrogen-bond donors (Lipinski definition) is 3. The summed E-state index contributed by atoms with van der Waals surface area (Å²) in [4.78, 5) is 16.6. The predicted molar refractivity (Wildman–Crippen MR) is 125 cm³/mol. The minimum Gasteiger partial charge on any atom is -0.351 e. The first-order chi connectivity index (χ1) is 16.0. The summed E-state index contributed by atoms with van der Waals surface area (Å²) in [5.74, 6) is -0.764. The maximum atomic E-state index is 13.3. The number of carbonyl (C=O) groups excluding carboxylic acids is 1. The lowest BCUT2D eigenvalue weighted by Gasteiger charge is -2.16. The smallest absolute Gasteiger partial charge is 0.351 e. The first kappa shape index (κ1) is 25.5. The third-order valence-electron chi connectivity index (χ3n) is 5.31. The molecule has 2 aromatic carbocycles. The van der Waals surface area contributed by atoms with E-state index >= 15 is 0 Å². The number of hydrogen-bond acceptors (Lipinski definition) is 3. The van der Waals surface area contributed by atoms with Crippen LogP contribution in [0.3, 0.4) is 0 Å². The van der Waals surface area contributed by atoms with Gasteiger partial charge in [0.05, 0.1) is 11.6 Å². The third-order valence-corrected chi connectivity index (χ3v) is 5.73. The Balaban J connectivity index is 1.76. The van der Waals surface area contributed by atoms with Crippen LogP contribution in [-0.4, -0.2) is 15.1 Å². The lowest BCUT2D eigenvalue weighted by molar-refractivity contribution is -0.141. The topological polar surface area (TPSA) is 97.1 Å². The number of carbonyl (C=O) groups is 1. The van der Waals surface area contributed by atoms with E-state index in [4.69, 9.17) is 5.14 Å². The molecule has 2 unspecified atom stereocenters. The molecule has 6 nitrogen and oxygen atoms in total. The molecule has 34 heavy (non-hydrogen) atoms. The van der Waals surface area contributed by atoms with E-state index in [0.29, 0.717) is 17.7 Å². The zero-order valence-electron chi connectivity index (χ0n) is 18.6. The number of benzene rings is 2. The summed E-state index contributed by atoms with van der Waals surface area (Å²) in [5, 5.41) is 7.98. The van der Waals surface area contributed by atoms with Crippen molar-refractivity contribution >= 4 is 17.1 Å². The van der Waals surface area contributed by atoms with Crippen molar-refractivity contribution in [2.45, 2.75) is 39.0 Å². The van der Waals surface area contributed by atoms with E-state index in [9.17, 15) is 22.2 Å². The second-order valence-electron chi connectivity index (χ2n) is 7.87. The van der Waals surface area contributed by atoms with Crippen molar-refractivity contribution in [3.8, 4) is 11.3 Å². The van der Waals surface area contributed by atoms with Crippen LogP contribution in [0.4, 0.5) is 13.2 Å². The minimum absolute atomic E-state index is 0.0297. The van der Waals surface area contributed by atoms with E-state index in [1.165, 1.54) is 6.07 Å². The van der Waals surface area contributed by atoms with Gasteiger partial charge < -0.3 is 5.32 Å². The van der Waals surface area contributed by atoms with E-state index < -0.39 is 29.0 Å². The van der Waals surface area contributed by atoms with Crippen LogP contribution in [0.2, 0.25) is 0 Å². The summed E-state index contributed by atoms with van der Waals surface area (Å²) in [6.07, 6.45) is -4.57. The first-order valence-corrected chi connectivity index (χ1v) is 11.7. The highest BCUT2D eigenvalue weighted by Gasteiger charge is 2.33. The molecule has 1 heterocycles. The summed E-state index contributed by atoms with van der Waals surface area (Å²) < 4.78 is 53.3. The number of aromatic nitrogens is 1. The lowest BCUT2D eigenvalue weighted by atomic mass is 9.98. The van der Waals surface area contributed by atoms with Gasteiger partial charge >= 0.3 is 6.18 Å². The van der Waals surface area contributed by atoms with Gasteiger partial charge in [-0.25, -0.2) is 19.1 Å². The summed E-state index contributed by atoms with van der Waals surface area (Å²) in [7, 11) is 0. The Hall–Kier alpha value is -3.08. The minimum atomic E-state index is -4.57. The van der Waals surface area contributed by atoms with Crippen molar-refractivity contribution in [2.75, 3.05) is 0 Å². The zero-order valence-corrected chi connectivity index (χ0v) is 19.5. The molecule has 0 radical (unpaired) electrons. The second kappa shape index (κ2) is 10.9. The monoisotopic (exact) mass is 490 g/mol. The Morgan fingerprint density at radius 2 is 1.79 bits per heavy atom. The predicted octanol–water partition coefficient (Wildman–Crippen LogP) is 4.12. The molecule has 2 atom stereocenters. The fraction of sp³-hybridized carbons (Fsp3) is 0.250. The standard InChI is InChI=1S/C24H25F3N4O2S/c1-15-4-3-5-19(12-15)22-20(10-11-21(31-22)24(25,26)27)14-29-23(32)16(2)18-8-6-17(7-9-18)13-30-34(28)33/h3-12,16,30H,13-14,28H2,1-2H3,(H,29,32). The molecule has 180 valence electrons. The number of nitrogens with zero attached hydrogens (tertiary/aromatic N) is 1. The number of rotatable bonds is 8. The summed E-state index contributed by atoms with van der Waals surface area (Å²) in [5.41, 5.74) is 2.73. The van der Waals surface area contributed by atoms with Crippen molar-refractivity contribution in [3.63, 3.8) is 0 Å². The summed E-state index contributed by atoms with van der Waals surface area (Å²) in [6.45, 7) is 3.94. The number of amides is 1. The van der Waals surface area contributed by atoms with Crippen LogP contribution >= 0.6 is 0 Å². The van der Waals surface area contributed by atoms with Crippen LogP contribution in [0.15, 0.2) is 60.7 Å². The first-order valence-electron chi connectivity index (χ1n) is 10.4. The molecule has 0 saturated heterocycles. The van der Waals surface area contributed by atoms with E-state index in [0.717, 1.165) is 22.8 Å². The summed E-state index contributed by atoms with van der Waals surface area (Å²) in [6, 6.07) is 16.5. The molecule has 1 amide bonds. The normalized spacial score (nSPS) is 13.4. The van der Waals surface area contributed by atoms with Gasteiger partial charge in [0, 0.05) is 18.7 Å². The van der Waals surface area contributed by atoms with Gasteiger partial charge in [0.2, 0.25) is 5.91 Å². The maximum absolute atomic E-state index is 13.3. The highest BCUT2D eigenvalue weighted by molar-refractivity contribution is 7.80. The molecule has 10 heteroatoms. The van der Waals surface area contributed by atoms with Gasteiger partial charge in [0.25, 0.3) is 0 Å². The molecule has 0 spiro atoms. The quantitative estimate of drug-likeness (QED) is 0.443. The van der Waals surface area contributed by atoms with Crippen LogP contribution < -0.4 is 15.2 Å². The molecule has 0 aliphatic carbocycles. The van der Waals surface area contributed by atoms with Crippen molar-refractivity contribution in [1.82, 2.24) is 15.0 Å². The molecule has 3 aromatic rings. The van der Waals surface area contributed by atoms with Gasteiger partial charge in [-0.05, 0) is 42.7 Å². The van der Waals surface area contributed by atoms with Crippen LogP contribution in [0, 0.1) is 6.92 Å². The van der Waals surface area contributed by atoms with Crippen molar-refractivity contribution in [3.05, 3.63) is 88.6 Å². The van der Waals surface area contributed by atoms with Crippen LogP contribution in [0.5, 0.6) is 0 Å². The fourth-order valence-corrected chi connectivity index (χ4v) is 3.71. The summed E-state index contributed by atoms with van der Waals surface area (Å²) >= 11 is -1.61. The molecular weight excluding hydrogens is 465 g/mol. The number of nitrogens with one attached hydrogen (secondary N) is 2. The van der Waals surface area contributed by atoms with Crippen molar-refractivity contribution < 1.29 is 22.2 Å². The van der Waals surface area contributed by atoms with Gasteiger partial charge in [-0.15, -0.1) is 0 Å².